The minimum atomic E-state index is 1.23. The molecule has 1 nitrogen and oxygen atoms in total. The van der Waals surface area contributed by atoms with Gasteiger partial charge in [0.25, 0.3) is 0 Å². The van der Waals surface area contributed by atoms with Gasteiger partial charge in [0, 0.05) is 12.4 Å². The van der Waals surface area contributed by atoms with E-state index in [-0.39, 0.29) is 0 Å². The fourth-order valence-corrected chi connectivity index (χ4v) is 0.370. The maximum absolute atomic E-state index is 4.05. The quantitative estimate of drug-likeness (QED) is 0.519. The van der Waals surface area contributed by atoms with Crippen molar-refractivity contribution >= 4 is 6.21 Å². The maximum Gasteiger partial charge on any atom is 0.0296 e. The molecule has 0 aliphatic carbocycles. The first kappa shape index (κ1) is 9.15. The SMILES string of the molecule is C/C=C\N=CC(C)=C(C)C. The smallest absolute Gasteiger partial charge is 0.0296 e. The molecule has 0 fully saturated rings. The molecule has 0 bridgehead atoms. The Balaban J connectivity index is 4.03. The fourth-order valence-electron chi connectivity index (χ4n) is 0.370. The summed E-state index contributed by atoms with van der Waals surface area (Å²) in [6.07, 6.45) is 5.57. The average Bonchev–Trinajstić information content (AvgIpc) is 1.88. The maximum atomic E-state index is 4.05. The highest BCUT2D eigenvalue weighted by atomic mass is 14.7. The summed E-state index contributed by atoms with van der Waals surface area (Å²) in [4.78, 5) is 4.05. The van der Waals surface area contributed by atoms with E-state index >= 15 is 0 Å². The van der Waals surface area contributed by atoms with E-state index in [9.17, 15) is 0 Å². The first-order valence-electron chi connectivity index (χ1n) is 3.47. The van der Waals surface area contributed by atoms with Crippen molar-refractivity contribution in [2.24, 2.45) is 4.99 Å². The van der Waals surface area contributed by atoms with Crippen molar-refractivity contribution in [2.75, 3.05) is 0 Å². The Hall–Kier alpha value is -0.850. The Morgan fingerprint density at radius 2 is 1.80 bits per heavy atom. The first-order chi connectivity index (χ1) is 4.68. The second-order valence-electron chi connectivity index (χ2n) is 2.44. The van der Waals surface area contributed by atoms with Gasteiger partial charge in [-0.15, -0.1) is 0 Å². The molecule has 0 saturated carbocycles. The van der Waals surface area contributed by atoms with E-state index in [1.165, 1.54) is 11.1 Å². The normalized spacial score (nSPS) is 11.2. The van der Waals surface area contributed by atoms with Crippen molar-refractivity contribution in [1.29, 1.82) is 0 Å². The van der Waals surface area contributed by atoms with Crippen molar-refractivity contribution in [3.8, 4) is 0 Å². The van der Waals surface area contributed by atoms with E-state index in [0.29, 0.717) is 0 Å². The van der Waals surface area contributed by atoms with Gasteiger partial charge in [-0.05, 0) is 33.3 Å². The van der Waals surface area contributed by atoms with Crippen molar-refractivity contribution in [3.05, 3.63) is 23.4 Å². The highest BCUT2D eigenvalue weighted by Crippen LogP contribution is 1.97. The third-order valence-electron chi connectivity index (χ3n) is 1.29. The summed E-state index contributed by atoms with van der Waals surface area (Å²) in [5.74, 6) is 0. The van der Waals surface area contributed by atoms with Crippen LogP contribution in [0, 0.1) is 0 Å². The molecular weight excluding hydrogens is 122 g/mol. The third-order valence-corrected chi connectivity index (χ3v) is 1.29. The summed E-state index contributed by atoms with van der Waals surface area (Å²) in [5, 5.41) is 0. The second kappa shape index (κ2) is 4.98. The topological polar surface area (TPSA) is 12.4 Å². The third kappa shape index (κ3) is 4.07. The molecular formula is C9H15N. The summed E-state index contributed by atoms with van der Waals surface area (Å²) in [6.45, 7) is 8.17. The van der Waals surface area contributed by atoms with Crippen molar-refractivity contribution in [2.45, 2.75) is 27.7 Å². The van der Waals surface area contributed by atoms with Crippen LogP contribution in [0.1, 0.15) is 27.7 Å². The lowest BCUT2D eigenvalue weighted by molar-refractivity contribution is 1.32. The van der Waals surface area contributed by atoms with Crippen molar-refractivity contribution in [1.82, 2.24) is 0 Å². The number of allylic oxidation sites excluding steroid dienone is 3. The number of nitrogens with zero attached hydrogens (tertiary/aromatic N) is 1. The van der Waals surface area contributed by atoms with Crippen LogP contribution in [0.15, 0.2) is 28.4 Å². The largest absolute Gasteiger partial charge is 0.265 e. The van der Waals surface area contributed by atoms with E-state index in [4.69, 9.17) is 0 Å². The van der Waals surface area contributed by atoms with Crippen LogP contribution in [-0.2, 0) is 0 Å². The summed E-state index contributed by atoms with van der Waals surface area (Å²) in [5.41, 5.74) is 2.55. The van der Waals surface area contributed by atoms with E-state index in [0.717, 1.165) is 0 Å². The number of aliphatic imine (C=N–C) groups is 1. The van der Waals surface area contributed by atoms with Crippen LogP contribution >= 0.6 is 0 Å². The van der Waals surface area contributed by atoms with Crippen LogP contribution in [0.25, 0.3) is 0 Å². The summed E-state index contributed by atoms with van der Waals surface area (Å²) < 4.78 is 0. The van der Waals surface area contributed by atoms with Gasteiger partial charge in [0.15, 0.2) is 0 Å². The van der Waals surface area contributed by atoms with Gasteiger partial charge in [-0.25, -0.2) is 0 Å². The lowest BCUT2D eigenvalue weighted by Crippen LogP contribution is -1.79. The lowest BCUT2D eigenvalue weighted by atomic mass is 10.2. The van der Waals surface area contributed by atoms with E-state index in [1.54, 1.807) is 6.20 Å². The van der Waals surface area contributed by atoms with Crippen molar-refractivity contribution in [3.63, 3.8) is 0 Å². The number of rotatable bonds is 2. The summed E-state index contributed by atoms with van der Waals surface area (Å²) in [6, 6.07) is 0. The highest BCUT2D eigenvalue weighted by Gasteiger charge is 1.82. The molecule has 0 aromatic rings. The Kier molecular flexibility index (Phi) is 4.55. The summed E-state index contributed by atoms with van der Waals surface area (Å²) >= 11 is 0. The van der Waals surface area contributed by atoms with Gasteiger partial charge >= 0.3 is 0 Å². The zero-order valence-electron chi connectivity index (χ0n) is 7.18. The predicted molar refractivity (Wildman–Crippen MR) is 47.4 cm³/mol. The Morgan fingerprint density at radius 3 is 2.20 bits per heavy atom. The Labute approximate surface area is 63.2 Å². The highest BCUT2D eigenvalue weighted by molar-refractivity contribution is 5.78. The van der Waals surface area contributed by atoms with Crippen LogP contribution in [0.2, 0.25) is 0 Å². The Bertz CT molecular complexity index is 169. The van der Waals surface area contributed by atoms with E-state index in [2.05, 4.69) is 25.8 Å². The minimum absolute atomic E-state index is 1.23. The van der Waals surface area contributed by atoms with Gasteiger partial charge in [0.1, 0.15) is 0 Å². The molecule has 0 unspecified atom stereocenters. The van der Waals surface area contributed by atoms with E-state index < -0.39 is 0 Å². The molecule has 0 saturated heterocycles. The standard InChI is InChI=1S/C9H15N/c1-5-6-10-7-9(4)8(2)3/h5-7H,1-4H3/b6-5-,10-7?. The molecule has 0 aromatic heterocycles. The molecule has 1 heteroatoms. The van der Waals surface area contributed by atoms with Crippen molar-refractivity contribution < 1.29 is 0 Å². The number of hydrogen-bond acceptors (Lipinski definition) is 1. The molecule has 56 valence electrons. The van der Waals surface area contributed by atoms with Gasteiger partial charge in [-0.3, -0.25) is 4.99 Å². The van der Waals surface area contributed by atoms with Gasteiger partial charge in [-0.1, -0.05) is 11.6 Å². The molecule has 0 atom stereocenters. The Morgan fingerprint density at radius 1 is 1.20 bits per heavy atom. The fraction of sp³-hybridized carbons (Fsp3) is 0.444. The second-order valence-corrected chi connectivity index (χ2v) is 2.44. The zero-order chi connectivity index (χ0) is 7.98. The molecule has 0 spiro atoms. The molecule has 0 aromatic carbocycles. The van der Waals surface area contributed by atoms with Crippen LogP contribution in [0.5, 0.6) is 0 Å². The minimum Gasteiger partial charge on any atom is -0.265 e. The monoisotopic (exact) mass is 137 g/mol. The lowest BCUT2D eigenvalue weighted by Gasteiger charge is -1.91. The van der Waals surface area contributed by atoms with Crippen LogP contribution in [-0.4, -0.2) is 6.21 Å². The van der Waals surface area contributed by atoms with Crippen LogP contribution < -0.4 is 0 Å². The van der Waals surface area contributed by atoms with Gasteiger partial charge in [0.05, 0.1) is 0 Å². The van der Waals surface area contributed by atoms with Gasteiger partial charge in [-0.2, -0.15) is 0 Å². The summed E-state index contributed by atoms with van der Waals surface area (Å²) in [7, 11) is 0. The number of hydrogen-bond donors (Lipinski definition) is 0. The molecule has 0 radical (unpaired) electrons. The molecule has 0 aliphatic rings. The van der Waals surface area contributed by atoms with Crippen LogP contribution in [0.3, 0.4) is 0 Å². The molecule has 10 heavy (non-hydrogen) atoms. The van der Waals surface area contributed by atoms with Crippen LogP contribution in [0.4, 0.5) is 0 Å². The zero-order valence-corrected chi connectivity index (χ0v) is 7.18. The molecule has 0 rings (SSSR count). The average molecular weight is 137 g/mol. The first-order valence-corrected chi connectivity index (χ1v) is 3.47. The molecule has 0 heterocycles. The molecule has 0 amide bonds. The van der Waals surface area contributed by atoms with Gasteiger partial charge < -0.3 is 0 Å². The molecule has 0 N–H and O–H groups in total. The van der Waals surface area contributed by atoms with E-state index in [1.807, 2.05) is 19.2 Å². The predicted octanol–water partition coefficient (Wildman–Crippen LogP) is 2.95. The molecule has 0 aliphatic heterocycles. The van der Waals surface area contributed by atoms with Gasteiger partial charge in [0.2, 0.25) is 0 Å².